The Bertz CT molecular complexity index is 815. The van der Waals surface area contributed by atoms with Crippen molar-refractivity contribution in [3.05, 3.63) is 82.2 Å². The molecule has 0 bridgehead atoms. The minimum Gasteiger partial charge on any atom is -0.390 e. The minimum absolute atomic E-state index is 0.232. The number of rotatable bonds is 5. The van der Waals surface area contributed by atoms with Crippen LogP contribution in [-0.2, 0) is 25.6 Å². The summed E-state index contributed by atoms with van der Waals surface area (Å²) in [5.41, 5.74) is 10.7. The summed E-state index contributed by atoms with van der Waals surface area (Å²) < 4.78 is 23.5. The van der Waals surface area contributed by atoms with Crippen LogP contribution in [0.25, 0.3) is 10.4 Å². The molecule has 0 aliphatic carbocycles. The zero-order valence-electron chi connectivity index (χ0n) is 15.1. The SMILES string of the molecule is [N-]=[N+]=NC1C(OCc2ccccc2)O[C@@H]2COC(c3ccccc3)O[C@H]2[C@@H]1O. The van der Waals surface area contributed by atoms with Crippen LogP contribution >= 0.6 is 0 Å². The Balaban J connectivity index is 1.47. The standard InChI is InChI=1S/C20H21N3O5/c21-23-22-16-17(24)18-15(12-26-19(28-18)14-9-5-2-6-10-14)27-20(16)25-11-13-7-3-1-4-8-13/h1-10,15-20,24H,11-12H2/t15-,16?,17-,18-,19?,20?/m1/s1. The molecule has 0 spiro atoms. The largest absolute Gasteiger partial charge is 0.390 e. The maximum atomic E-state index is 10.8. The summed E-state index contributed by atoms with van der Waals surface area (Å²) in [4.78, 5) is 2.85. The Labute approximate surface area is 162 Å². The lowest BCUT2D eigenvalue weighted by Crippen LogP contribution is -2.61. The van der Waals surface area contributed by atoms with Crippen LogP contribution in [0.4, 0.5) is 0 Å². The Morgan fingerprint density at radius 3 is 2.50 bits per heavy atom. The number of hydrogen-bond donors (Lipinski definition) is 1. The van der Waals surface area contributed by atoms with Crippen molar-refractivity contribution in [1.82, 2.24) is 0 Å². The number of azide groups is 1. The highest BCUT2D eigenvalue weighted by atomic mass is 16.7. The second-order valence-electron chi connectivity index (χ2n) is 6.70. The van der Waals surface area contributed by atoms with Crippen LogP contribution in [0.1, 0.15) is 17.4 Å². The zero-order chi connectivity index (χ0) is 19.3. The maximum Gasteiger partial charge on any atom is 0.184 e. The number of hydrogen-bond acceptors (Lipinski definition) is 6. The van der Waals surface area contributed by atoms with Gasteiger partial charge in [0.05, 0.1) is 19.3 Å². The Hall–Kier alpha value is -2.45. The highest BCUT2D eigenvalue weighted by Crippen LogP contribution is 2.35. The first-order chi connectivity index (χ1) is 13.8. The normalized spacial score (nSPS) is 32.2. The third-order valence-electron chi connectivity index (χ3n) is 4.85. The van der Waals surface area contributed by atoms with Gasteiger partial charge in [0.1, 0.15) is 18.2 Å². The number of aliphatic hydroxyl groups is 1. The molecule has 0 radical (unpaired) electrons. The van der Waals surface area contributed by atoms with Gasteiger partial charge in [-0.15, -0.1) is 0 Å². The van der Waals surface area contributed by atoms with Gasteiger partial charge < -0.3 is 24.1 Å². The molecule has 2 heterocycles. The Morgan fingerprint density at radius 1 is 1.07 bits per heavy atom. The average Bonchev–Trinajstić information content (AvgIpc) is 2.76. The molecular weight excluding hydrogens is 362 g/mol. The van der Waals surface area contributed by atoms with Gasteiger partial charge in [0.25, 0.3) is 0 Å². The first-order valence-corrected chi connectivity index (χ1v) is 9.11. The van der Waals surface area contributed by atoms with Crippen LogP contribution in [0.15, 0.2) is 65.8 Å². The van der Waals surface area contributed by atoms with Crippen molar-refractivity contribution >= 4 is 0 Å². The van der Waals surface area contributed by atoms with Crippen molar-refractivity contribution in [3.63, 3.8) is 0 Å². The molecule has 8 heteroatoms. The van der Waals surface area contributed by atoms with Crippen LogP contribution in [0, 0.1) is 0 Å². The van der Waals surface area contributed by atoms with E-state index in [1.54, 1.807) is 0 Å². The van der Waals surface area contributed by atoms with Gasteiger partial charge in [0.2, 0.25) is 0 Å². The van der Waals surface area contributed by atoms with Gasteiger partial charge in [-0.3, -0.25) is 0 Å². The lowest BCUT2D eigenvalue weighted by Gasteiger charge is -2.46. The second-order valence-corrected chi connectivity index (χ2v) is 6.70. The lowest BCUT2D eigenvalue weighted by molar-refractivity contribution is -0.343. The van der Waals surface area contributed by atoms with Crippen molar-refractivity contribution in [1.29, 1.82) is 0 Å². The van der Waals surface area contributed by atoms with Gasteiger partial charge in [0.15, 0.2) is 12.6 Å². The molecular formula is C20H21N3O5. The quantitative estimate of drug-likeness (QED) is 0.485. The van der Waals surface area contributed by atoms with Gasteiger partial charge in [-0.05, 0) is 11.1 Å². The topological polar surface area (TPSA) is 106 Å². The van der Waals surface area contributed by atoms with Crippen molar-refractivity contribution in [3.8, 4) is 0 Å². The van der Waals surface area contributed by atoms with Gasteiger partial charge in [-0.1, -0.05) is 65.8 Å². The molecule has 2 aromatic rings. The van der Waals surface area contributed by atoms with E-state index in [0.29, 0.717) is 0 Å². The predicted octanol–water partition coefficient (Wildman–Crippen LogP) is 3.08. The molecule has 0 amide bonds. The molecule has 2 aliphatic heterocycles. The summed E-state index contributed by atoms with van der Waals surface area (Å²) in [6.07, 6.45) is -3.81. The highest BCUT2D eigenvalue weighted by Gasteiger charge is 2.49. The van der Waals surface area contributed by atoms with Crippen LogP contribution in [0.3, 0.4) is 0 Å². The number of nitrogens with zero attached hydrogens (tertiary/aromatic N) is 3. The molecule has 2 fully saturated rings. The van der Waals surface area contributed by atoms with Crippen LogP contribution in [-0.4, -0.2) is 42.4 Å². The number of aliphatic hydroxyl groups excluding tert-OH is 1. The smallest absolute Gasteiger partial charge is 0.184 e. The molecule has 0 saturated carbocycles. The molecule has 1 N–H and O–H groups in total. The van der Waals surface area contributed by atoms with Crippen molar-refractivity contribution in [2.75, 3.05) is 6.61 Å². The average molecular weight is 383 g/mol. The molecule has 8 nitrogen and oxygen atoms in total. The number of benzene rings is 2. The van der Waals surface area contributed by atoms with E-state index in [2.05, 4.69) is 10.0 Å². The van der Waals surface area contributed by atoms with E-state index >= 15 is 0 Å². The van der Waals surface area contributed by atoms with Crippen LogP contribution in [0.5, 0.6) is 0 Å². The van der Waals surface area contributed by atoms with E-state index in [9.17, 15) is 5.11 Å². The monoisotopic (exact) mass is 383 g/mol. The predicted molar refractivity (Wildman–Crippen MR) is 98.8 cm³/mol. The first-order valence-electron chi connectivity index (χ1n) is 9.11. The first kappa shape index (κ1) is 18.9. The van der Waals surface area contributed by atoms with Crippen LogP contribution < -0.4 is 0 Å². The third-order valence-corrected chi connectivity index (χ3v) is 4.85. The van der Waals surface area contributed by atoms with Gasteiger partial charge in [0, 0.05) is 10.5 Å². The fraction of sp³-hybridized carbons (Fsp3) is 0.400. The summed E-state index contributed by atoms with van der Waals surface area (Å²) in [6.45, 7) is 0.497. The molecule has 4 rings (SSSR count). The number of fused-ring (bicyclic) bond motifs is 1. The fourth-order valence-corrected chi connectivity index (χ4v) is 3.43. The highest BCUT2D eigenvalue weighted by molar-refractivity contribution is 5.17. The zero-order valence-corrected chi connectivity index (χ0v) is 15.1. The van der Waals surface area contributed by atoms with Crippen LogP contribution in [0.2, 0.25) is 0 Å². The molecule has 2 aromatic carbocycles. The van der Waals surface area contributed by atoms with Gasteiger partial charge in [-0.25, -0.2) is 0 Å². The van der Waals surface area contributed by atoms with E-state index in [1.165, 1.54) is 0 Å². The summed E-state index contributed by atoms with van der Waals surface area (Å²) in [7, 11) is 0. The summed E-state index contributed by atoms with van der Waals surface area (Å²) in [6, 6.07) is 18.1. The third kappa shape index (κ3) is 4.02. The van der Waals surface area contributed by atoms with E-state index in [0.717, 1.165) is 11.1 Å². The Kier molecular flexibility index (Phi) is 5.87. The van der Waals surface area contributed by atoms with Crippen molar-refractivity contribution in [2.45, 2.75) is 43.5 Å². The summed E-state index contributed by atoms with van der Waals surface area (Å²) >= 11 is 0. The van der Waals surface area contributed by atoms with Crippen molar-refractivity contribution < 1.29 is 24.1 Å². The molecule has 146 valence electrons. The minimum atomic E-state index is -1.08. The van der Waals surface area contributed by atoms with E-state index in [-0.39, 0.29) is 13.2 Å². The molecule has 6 atom stereocenters. The van der Waals surface area contributed by atoms with E-state index < -0.39 is 36.9 Å². The number of ether oxygens (including phenoxy) is 4. The van der Waals surface area contributed by atoms with Gasteiger partial charge in [-0.2, -0.15) is 0 Å². The molecule has 0 aromatic heterocycles. The summed E-state index contributed by atoms with van der Waals surface area (Å²) in [5.74, 6) is 0. The van der Waals surface area contributed by atoms with Crippen molar-refractivity contribution in [2.24, 2.45) is 5.11 Å². The second kappa shape index (κ2) is 8.70. The molecule has 2 aliphatic rings. The fourth-order valence-electron chi connectivity index (χ4n) is 3.43. The van der Waals surface area contributed by atoms with E-state index in [4.69, 9.17) is 24.5 Å². The lowest BCUT2D eigenvalue weighted by atomic mass is 9.96. The molecule has 28 heavy (non-hydrogen) atoms. The van der Waals surface area contributed by atoms with Gasteiger partial charge >= 0.3 is 0 Å². The molecule has 3 unspecified atom stereocenters. The maximum absolute atomic E-state index is 10.8. The molecule has 2 saturated heterocycles. The summed E-state index contributed by atoms with van der Waals surface area (Å²) in [5, 5.41) is 14.5. The Morgan fingerprint density at radius 2 is 1.79 bits per heavy atom. The van der Waals surface area contributed by atoms with E-state index in [1.807, 2.05) is 60.7 Å².